The Balaban J connectivity index is 1.75. The molecule has 0 bridgehead atoms. The summed E-state index contributed by atoms with van der Waals surface area (Å²) in [5.74, 6) is 1.54. The third-order valence-corrected chi connectivity index (χ3v) is 5.20. The number of aromatic nitrogens is 5. The van der Waals surface area contributed by atoms with Crippen molar-refractivity contribution in [2.45, 2.75) is 13.0 Å². The second kappa shape index (κ2) is 7.04. The van der Waals surface area contributed by atoms with E-state index in [4.69, 9.17) is 9.84 Å². The summed E-state index contributed by atoms with van der Waals surface area (Å²) in [5.41, 5.74) is 4.21. The maximum Gasteiger partial charge on any atom is 0.179 e. The van der Waals surface area contributed by atoms with Crippen LogP contribution in [-0.4, -0.2) is 50.6 Å². The number of fused-ring (bicyclic) bond motifs is 1. The topological polar surface area (TPSA) is 95.1 Å². The Hall–Kier alpha value is -3.70. The number of hydrogen-bond acceptors (Lipinski definition) is 6. The number of anilines is 1. The number of H-pyrrole nitrogens is 1. The molecule has 1 saturated heterocycles. The highest BCUT2D eigenvalue weighted by Gasteiger charge is 2.23. The zero-order valence-electron chi connectivity index (χ0n) is 15.9. The third-order valence-electron chi connectivity index (χ3n) is 5.20. The van der Waals surface area contributed by atoms with Crippen LogP contribution in [0.2, 0.25) is 0 Å². The fourth-order valence-electron chi connectivity index (χ4n) is 3.72. The normalized spacial score (nSPS) is 16.8. The number of aromatic amines is 1. The number of nitriles is 1. The summed E-state index contributed by atoms with van der Waals surface area (Å²) in [6, 6.07) is 14.0. The summed E-state index contributed by atoms with van der Waals surface area (Å²) in [7, 11) is 0. The third kappa shape index (κ3) is 3.02. The highest BCUT2D eigenvalue weighted by molar-refractivity contribution is 5.83. The molecule has 0 amide bonds. The van der Waals surface area contributed by atoms with Gasteiger partial charge in [-0.2, -0.15) is 10.4 Å². The van der Waals surface area contributed by atoms with Gasteiger partial charge < -0.3 is 9.64 Å². The van der Waals surface area contributed by atoms with Crippen LogP contribution in [0.15, 0.2) is 48.8 Å². The minimum Gasteiger partial charge on any atom is -0.377 e. The van der Waals surface area contributed by atoms with Crippen molar-refractivity contribution in [1.82, 2.24) is 24.8 Å². The van der Waals surface area contributed by atoms with Gasteiger partial charge in [-0.05, 0) is 36.8 Å². The Morgan fingerprint density at radius 3 is 3.00 bits per heavy atom. The van der Waals surface area contributed by atoms with Gasteiger partial charge in [0.15, 0.2) is 11.6 Å². The quantitative estimate of drug-likeness (QED) is 0.583. The number of morpholine rings is 1. The average molecular weight is 385 g/mol. The van der Waals surface area contributed by atoms with Crippen molar-refractivity contribution in [3.05, 3.63) is 54.4 Å². The van der Waals surface area contributed by atoms with E-state index in [2.05, 4.69) is 39.1 Å². The van der Waals surface area contributed by atoms with E-state index in [0.717, 1.165) is 34.7 Å². The molecule has 1 aliphatic rings. The molecule has 5 rings (SSSR count). The minimum atomic E-state index is 0.214. The van der Waals surface area contributed by atoms with Crippen LogP contribution < -0.4 is 4.90 Å². The molecule has 1 aliphatic heterocycles. The van der Waals surface area contributed by atoms with Crippen LogP contribution in [0, 0.1) is 11.3 Å². The van der Waals surface area contributed by atoms with Crippen LogP contribution in [-0.2, 0) is 4.74 Å². The Labute approximate surface area is 167 Å². The average Bonchev–Trinajstić information content (AvgIpc) is 3.43. The van der Waals surface area contributed by atoms with Crippen LogP contribution in [0.25, 0.3) is 28.2 Å². The number of nitrogens with one attached hydrogen (secondary N) is 1. The molecule has 4 heterocycles. The summed E-state index contributed by atoms with van der Waals surface area (Å²) in [4.78, 5) is 6.84. The number of imidazole rings is 1. The van der Waals surface area contributed by atoms with E-state index in [1.54, 1.807) is 12.3 Å². The van der Waals surface area contributed by atoms with Gasteiger partial charge in [0.05, 0.1) is 42.6 Å². The number of benzene rings is 1. The van der Waals surface area contributed by atoms with E-state index in [-0.39, 0.29) is 6.04 Å². The first-order chi connectivity index (χ1) is 14.2. The number of nitrogens with zero attached hydrogens (tertiary/aromatic N) is 6. The van der Waals surface area contributed by atoms with E-state index >= 15 is 0 Å². The highest BCUT2D eigenvalue weighted by atomic mass is 16.5. The zero-order chi connectivity index (χ0) is 19.8. The molecule has 0 spiro atoms. The van der Waals surface area contributed by atoms with Crippen LogP contribution in [0.1, 0.15) is 12.5 Å². The maximum atomic E-state index is 9.33. The predicted molar refractivity (Wildman–Crippen MR) is 108 cm³/mol. The van der Waals surface area contributed by atoms with Crippen LogP contribution in [0.5, 0.6) is 0 Å². The monoisotopic (exact) mass is 385 g/mol. The van der Waals surface area contributed by atoms with E-state index in [1.165, 1.54) is 0 Å². The van der Waals surface area contributed by atoms with Gasteiger partial charge >= 0.3 is 0 Å². The summed E-state index contributed by atoms with van der Waals surface area (Å²) in [5, 5.41) is 21.2. The molecule has 3 aromatic heterocycles. The van der Waals surface area contributed by atoms with Crippen LogP contribution >= 0.6 is 0 Å². The van der Waals surface area contributed by atoms with Crippen molar-refractivity contribution < 1.29 is 4.74 Å². The molecule has 29 heavy (non-hydrogen) atoms. The minimum absolute atomic E-state index is 0.214. The van der Waals surface area contributed by atoms with Gasteiger partial charge in [0.2, 0.25) is 0 Å². The summed E-state index contributed by atoms with van der Waals surface area (Å²) in [6.45, 7) is 4.23. The van der Waals surface area contributed by atoms with Crippen molar-refractivity contribution in [3.63, 3.8) is 0 Å². The van der Waals surface area contributed by atoms with Gasteiger partial charge in [0, 0.05) is 18.3 Å². The van der Waals surface area contributed by atoms with E-state index < -0.39 is 0 Å². The predicted octanol–water partition coefficient (Wildman–Crippen LogP) is 2.88. The second-order valence-electron chi connectivity index (χ2n) is 7.08. The molecule has 0 radical (unpaired) electrons. The molecule has 4 aromatic rings. The molecule has 8 heteroatoms. The Kier molecular flexibility index (Phi) is 4.22. The van der Waals surface area contributed by atoms with E-state index in [0.29, 0.717) is 24.6 Å². The van der Waals surface area contributed by atoms with Crippen molar-refractivity contribution in [2.24, 2.45) is 0 Å². The molecular weight excluding hydrogens is 366 g/mol. The lowest BCUT2D eigenvalue weighted by molar-refractivity contribution is 0.0984. The lowest BCUT2D eigenvalue weighted by Gasteiger charge is -2.34. The number of ether oxygens (including phenoxy) is 1. The number of rotatable bonds is 3. The number of hydrogen-bond donors (Lipinski definition) is 1. The van der Waals surface area contributed by atoms with E-state index in [9.17, 15) is 5.26 Å². The van der Waals surface area contributed by atoms with Crippen molar-refractivity contribution in [3.8, 4) is 28.7 Å². The molecule has 1 N–H and O–H groups in total. The molecular formula is C21H19N7O. The van der Waals surface area contributed by atoms with Gasteiger partial charge in [-0.15, -0.1) is 5.10 Å². The van der Waals surface area contributed by atoms with Crippen molar-refractivity contribution in [2.75, 3.05) is 24.7 Å². The second-order valence-corrected chi connectivity index (χ2v) is 7.08. The Bertz CT molecular complexity index is 1210. The van der Waals surface area contributed by atoms with Crippen molar-refractivity contribution in [1.29, 1.82) is 5.26 Å². The molecule has 144 valence electrons. The fraction of sp³-hybridized carbons (Fsp3) is 0.238. The van der Waals surface area contributed by atoms with Gasteiger partial charge in [-0.3, -0.25) is 5.10 Å². The first-order valence-electron chi connectivity index (χ1n) is 9.48. The largest absolute Gasteiger partial charge is 0.377 e. The molecule has 8 nitrogen and oxygen atoms in total. The van der Waals surface area contributed by atoms with Gasteiger partial charge in [0.25, 0.3) is 0 Å². The smallest absolute Gasteiger partial charge is 0.179 e. The summed E-state index contributed by atoms with van der Waals surface area (Å²) < 4.78 is 7.44. The lowest BCUT2D eigenvalue weighted by Crippen LogP contribution is -2.44. The highest BCUT2D eigenvalue weighted by Crippen LogP contribution is 2.31. The molecule has 1 aromatic carbocycles. The molecule has 0 unspecified atom stereocenters. The van der Waals surface area contributed by atoms with Crippen LogP contribution in [0.3, 0.4) is 0 Å². The maximum absolute atomic E-state index is 9.33. The molecule has 1 fully saturated rings. The summed E-state index contributed by atoms with van der Waals surface area (Å²) >= 11 is 0. The molecule has 1 atom stereocenters. The standard InChI is InChI=1S/C21H19N7O/c1-14-13-29-8-7-27(14)20-10-17(16-4-2-3-15(9-16)11-22)19-12-23-21(28(19)26-20)18-5-6-24-25-18/h2-6,9-10,12,14H,7-8,13H2,1H3,(H,24,25)/t14-/m1/s1. The zero-order valence-corrected chi connectivity index (χ0v) is 15.9. The van der Waals surface area contributed by atoms with Gasteiger partial charge in [0.1, 0.15) is 5.69 Å². The Morgan fingerprint density at radius 1 is 1.28 bits per heavy atom. The summed E-state index contributed by atoms with van der Waals surface area (Å²) in [6.07, 6.45) is 3.51. The lowest BCUT2D eigenvalue weighted by atomic mass is 10.0. The van der Waals surface area contributed by atoms with Crippen molar-refractivity contribution >= 4 is 11.3 Å². The Morgan fingerprint density at radius 2 is 2.21 bits per heavy atom. The molecule has 0 aliphatic carbocycles. The molecule has 0 saturated carbocycles. The van der Waals surface area contributed by atoms with Gasteiger partial charge in [-0.25, -0.2) is 9.50 Å². The first-order valence-corrected chi connectivity index (χ1v) is 9.48. The first kappa shape index (κ1) is 17.4. The van der Waals surface area contributed by atoms with Gasteiger partial charge in [-0.1, -0.05) is 12.1 Å². The fourth-order valence-corrected chi connectivity index (χ4v) is 3.72. The SMILES string of the molecule is C[C@@H]1COCCN1c1cc(-c2cccc(C#N)c2)c2cnc(-c3ccn[nH]3)n2n1. The van der Waals surface area contributed by atoms with E-state index in [1.807, 2.05) is 35.0 Å². The van der Waals surface area contributed by atoms with Crippen LogP contribution in [0.4, 0.5) is 5.82 Å².